The average Bonchev–Trinajstić information content (AvgIpc) is 2.80. The van der Waals surface area contributed by atoms with Crippen molar-refractivity contribution in [2.75, 3.05) is 14.2 Å². The fraction of sp³-hybridized carbons (Fsp3) is 0.174. The SMILES string of the molecule is COc1ccc([C@@H](Cc2c(Cl)cncc2Cl)OC(=O)c2cccc(C=O)c2)cc1OC. The fourth-order valence-corrected chi connectivity index (χ4v) is 3.55. The maximum atomic E-state index is 12.9. The number of methoxy groups -OCH3 is 2. The number of aldehydes is 1. The second kappa shape index (κ2) is 10.3. The summed E-state index contributed by atoms with van der Waals surface area (Å²) in [5.41, 5.74) is 1.87. The molecule has 0 spiro atoms. The molecule has 0 saturated carbocycles. The summed E-state index contributed by atoms with van der Waals surface area (Å²) in [5.74, 6) is 0.427. The summed E-state index contributed by atoms with van der Waals surface area (Å²) in [4.78, 5) is 27.9. The zero-order valence-corrected chi connectivity index (χ0v) is 18.3. The molecule has 1 aromatic heterocycles. The van der Waals surface area contributed by atoms with Gasteiger partial charge >= 0.3 is 5.97 Å². The van der Waals surface area contributed by atoms with Crippen LogP contribution in [-0.2, 0) is 11.2 Å². The van der Waals surface area contributed by atoms with Crippen molar-refractivity contribution in [1.29, 1.82) is 0 Å². The van der Waals surface area contributed by atoms with Crippen LogP contribution < -0.4 is 9.47 Å². The van der Waals surface area contributed by atoms with E-state index in [1.807, 2.05) is 0 Å². The van der Waals surface area contributed by atoms with Gasteiger partial charge in [-0.15, -0.1) is 0 Å². The Balaban J connectivity index is 1.99. The van der Waals surface area contributed by atoms with Crippen molar-refractivity contribution >= 4 is 35.5 Å². The van der Waals surface area contributed by atoms with E-state index in [1.54, 1.807) is 36.4 Å². The number of nitrogens with zero attached hydrogens (tertiary/aromatic N) is 1. The Morgan fingerprint density at radius 3 is 2.39 bits per heavy atom. The Bertz CT molecular complexity index is 1080. The predicted octanol–water partition coefficient (Wildman–Crippen LogP) is 5.36. The highest BCUT2D eigenvalue weighted by atomic mass is 35.5. The summed E-state index contributed by atoms with van der Waals surface area (Å²) in [6.45, 7) is 0. The molecule has 0 amide bonds. The molecule has 0 aliphatic heterocycles. The predicted molar refractivity (Wildman–Crippen MR) is 117 cm³/mol. The molecule has 3 rings (SSSR count). The number of halogens is 2. The van der Waals surface area contributed by atoms with Gasteiger partial charge in [0.1, 0.15) is 12.4 Å². The Morgan fingerprint density at radius 1 is 1.03 bits per heavy atom. The lowest BCUT2D eigenvalue weighted by Crippen LogP contribution is -2.15. The van der Waals surface area contributed by atoms with Crippen LogP contribution in [-0.4, -0.2) is 31.5 Å². The molecule has 2 aromatic carbocycles. The molecule has 0 N–H and O–H groups in total. The first-order valence-electron chi connectivity index (χ1n) is 9.22. The summed E-state index contributed by atoms with van der Waals surface area (Å²) >= 11 is 12.6. The topological polar surface area (TPSA) is 74.7 Å². The van der Waals surface area contributed by atoms with Crippen LogP contribution in [0, 0.1) is 0 Å². The number of esters is 1. The Kier molecular flexibility index (Phi) is 7.50. The lowest BCUT2D eigenvalue weighted by Gasteiger charge is -2.21. The molecule has 8 heteroatoms. The monoisotopic (exact) mass is 459 g/mol. The molecule has 0 unspecified atom stereocenters. The van der Waals surface area contributed by atoms with E-state index in [1.165, 1.54) is 32.7 Å². The molecule has 0 aliphatic carbocycles. The van der Waals surface area contributed by atoms with Crippen LogP contribution in [0.15, 0.2) is 54.9 Å². The van der Waals surface area contributed by atoms with Crippen LogP contribution in [0.5, 0.6) is 11.5 Å². The standard InChI is InChI=1S/C23H19Cl2NO5/c1-29-20-7-6-15(9-22(20)30-2)21(10-17-18(24)11-26-12-19(17)25)31-23(28)16-5-3-4-14(8-16)13-27/h3-9,11-13,21H,10H2,1-2H3/t21-/m1/s1. The molecule has 1 atom stereocenters. The van der Waals surface area contributed by atoms with E-state index in [0.29, 0.717) is 44.5 Å². The summed E-state index contributed by atoms with van der Waals surface area (Å²) in [6, 6.07) is 11.5. The number of benzene rings is 2. The summed E-state index contributed by atoms with van der Waals surface area (Å²) in [7, 11) is 3.05. The zero-order chi connectivity index (χ0) is 22.4. The molecular formula is C23H19Cl2NO5. The Morgan fingerprint density at radius 2 is 1.74 bits per heavy atom. The lowest BCUT2D eigenvalue weighted by molar-refractivity contribution is 0.0297. The number of aromatic nitrogens is 1. The average molecular weight is 460 g/mol. The minimum atomic E-state index is -0.746. The molecule has 0 radical (unpaired) electrons. The van der Waals surface area contributed by atoms with E-state index in [4.69, 9.17) is 37.4 Å². The van der Waals surface area contributed by atoms with Crippen LogP contribution in [0.2, 0.25) is 10.0 Å². The van der Waals surface area contributed by atoms with Gasteiger partial charge in [0.25, 0.3) is 0 Å². The fourth-order valence-electron chi connectivity index (χ4n) is 3.04. The highest BCUT2D eigenvalue weighted by Gasteiger charge is 2.23. The minimum absolute atomic E-state index is 0.203. The Labute approximate surface area is 189 Å². The molecule has 1 heterocycles. The number of rotatable bonds is 8. The first kappa shape index (κ1) is 22.6. The minimum Gasteiger partial charge on any atom is -0.493 e. The van der Waals surface area contributed by atoms with Crippen molar-refractivity contribution in [2.45, 2.75) is 12.5 Å². The van der Waals surface area contributed by atoms with E-state index in [9.17, 15) is 9.59 Å². The van der Waals surface area contributed by atoms with Gasteiger partial charge in [-0.2, -0.15) is 0 Å². The lowest BCUT2D eigenvalue weighted by atomic mass is 10.0. The van der Waals surface area contributed by atoms with Crippen molar-refractivity contribution in [3.05, 3.63) is 87.2 Å². The molecular weight excluding hydrogens is 441 g/mol. The van der Waals surface area contributed by atoms with Crippen molar-refractivity contribution < 1.29 is 23.8 Å². The Hall–Kier alpha value is -3.09. The second-order valence-electron chi connectivity index (χ2n) is 6.54. The number of ether oxygens (including phenoxy) is 3. The van der Waals surface area contributed by atoms with E-state index in [2.05, 4.69) is 4.98 Å². The quantitative estimate of drug-likeness (QED) is 0.333. The van der Waals surface area contributed by atoms with Crippen LogP contribution in [0.4, 0.5) is 0 Å². The van der Waals surface area contributed by atoms with Crippen molar-refractivity contribution in [2.24, 2.45) is 0 Å². The summed E-state index contributed by atoms with van der Waals surface area (Å²) in [5, 5.41) is 0.717. The molecule has 0 aliphatic rings. The number of hydrogen-bond donors (Lipinski definition) is 0. The first-order valence-corrected chi connectivity index (χ1v) is 9.98. The molecule has 0 fully saturated rings. The largest absolute Gasteiger partial charge is 0.493 e. The molecule has 160 valence electrons. The van der Waals surface area contributed by atoms with Gasteiger partial charge in [-0.25, -0.2) is 4.79 Å². The van der Waals surface area contributed by atoms with Gasteiger partial charge in [-0.05, 0) is 35.4 Å². The second-order valence-corrected chi connectivity index (χ2v) is 7.35. The molecule has 0 bridgehead atoms. The third kappa shape index (κ3) is 5.34. The smallest absolute Gasteiger partial charge is 0.338 e. The van der Waals surface area contributed by atoms with Gasteiger partial charge in [0.05, 0.1) is 29.8 Å². The molecule has 31 heavy (non-hydrogen) atoms. The van der Waals surface area contributed by atoms with Crippen LogP contribution in [0.25, 0.3) is 0 Å². The van der Waals surface area contributed by atoms with Crippen LogP contribution in [0.3, 0.4) is 0 Å². The van der Waals surface area contributed by atoms with E-state index < -0.39 is 12.1 Å². The van der Waals surface area contributed by atoms with Gasteiger partial charge in [0.2, 0.25) is 0 Å². The van der Waals surface area contributed by atoms with Crippen LogP contribution in [0.1, 0.15) is 37.9 Å². The third-order valence-corrected chi connectivity index (χ3v) is 5.28. The normalized spacial score (nSPS) is 11.5. The zero-order valence-electron chi connectivity index (χ0n) is 16.8. The highest BCUT2D eigenvalue weighted by molar-refractivity contribution is 6.35. The first-order chi connectivity index (χ1) is 15.0. The molecule has 3 aromatic rings. The van der Waals surface area contributed by atoms with Gasteiger partial charge in [0, 0.05) is 24.4 Å². The van der Waals surface area contributed by atoms with Crippen molar-refractivity contribution in [3.63, 3.8) is 0 Å². The van der Waals surface area contributed by atoms with E-state index in [0.717, 1.165) is 0 Å². The van der Waals surface area contributed by atoms with Gasteiger partial charge < -0.3 is 14.2 Å². The van der Waals surface area contributed by atoms with E-state index in [-0.39, 0.29) is 12.0 Å². The van der Waals surface area contributed by atoms with Gasteiger partial charge in [-0.1, -0.05) is 41.4 Å². The van der Waals surface area contributed by atoms with Crippen molar-refractivity contribution in [1.82, 2.24) is 4.98 Å². The third-order valence-electron chi connectivity index (χ3n) is 4.63. The number of hydrogen-bond acceptors (Lipinski definition) is 6. The highest BCUT2D eigenvalue weighted by Crippen LogP contribution is 2.35. The van der Waals surface area contributed by atoms with E-state index >= 15 is 0 Å². The number of carbonyl (C=O) groups excluding carboxylic acids is 2. The molecule has 0 saturated heterocycles. The van der Waals surface area contributed by atoms with Crippen LogP contribution >= 0.6 is 23.2 Å². The van der Waals surface area contributed by atoms with Gasteiger partial charge in [0.15, 0.2) is 11.5 Å². The van der Waals surface area contributed by atoms with Gasteiger partial charge in [-0.3, -0.25) is 9.78 Å². The molecule has 6 nitrogen and oxygen atoms in total. The number of carbonyl (C=O) groups is 2. The van der Waals surface area contributed by atoms with Crippen molar-refractivity contribution in [3.8, 4) is 11.5 Å². The summed E-state index contributed by atoms with van der Waals surface area (Å²) in [6.07, 6.45) is 3.08. The summed E-state index contributed by atoms with van der Waals surface area (Å²) < 4.78 is 16.5. The number of pyridine rings is 1. The maximum absolute atomic E-state index is 12.9. The maximum Gasteiger partial charge on any atom is 0.338 e.